The van der Waals surface area contributed by atoms with Crippen molar-refractivity contribution in [3.8, 4) is 0 Å². The molecular formula is C22H28N8O. The lowest BCUT2D eigenvalue weighted by molar-refractivity contribution is 0.141. The van der Waals surface area contributed by atoms with Crippen LogP contribution >= 0.6 is 0 Å². The quantitative estimate of drug-likeness (QED) is 0.575. The van der Waals surface area contributed by atoms with Gasteiger partial charge in [-0.3, -0.25) is 10.1 Å². The van der Waals surface area contributed by atoms with Crippen molar-refractivity contribution >= 4 is 28.5 Å². The maximum absolute atomic E-state index is 10.1. The molecule has 1 saturated carbocycles. The number of nitrogens with zero attached hydrogens (tertiary/aromatic N) is 6. The number of hydrogen-bond acceptors (Lipinski definition) is 8. The van der Waals surface area contributed by atoms with Crippen LogP contribution < -0.4 is 15.5 Å². The largest absolute Gasteiger partial charge is 0.393 e. The van der Waals surface area contributed by atoms with Crippen LogP contribution in [0.3, 0.4) is 0 Å². The van der Waals surface area contributed by atoms with Gasteiger partial charge >= 0.3 is 0 Å². The first kappa shape index (κ1) is 18.9. The first-order chi connectivity index (χ1) is 15.1. The van der Waals surface area contributed by atoms with Gasteiger partial charge in [-0.25, -0.2) is 9.97 Å². The Morgan fingerprint density at radius 2 is 2.06 bits per heavy atom. The first-order valence-electron chi connectivity index (χ1n) is 11.2. The molecule has 9 nitrogen and oxygen atoms in total. The second-order valence-corrected chi connectivity index (χ2v) is 9.25. The molecule has 6 rings (SSSR count). The van der Waals surface area contributed by atoms with Crippen molar-refractivity contribution in [2.24, 2.45) is 11.1 Å². The number of aliphatic hydroxyl groups is 1. The standard InChI is InChI=1S/C22H28N8O/c23-17-11-14(31)12-22(17)5-9-29(10-6-22)18-13-25-19-20(26-18)27-28-21(19)30-8-2-3-15-16(30)4-1-7-24-15/h1,4,7,13-14,17,31H,2-3,5-6,8-12,23H2,(H,26,27,28)/t14-,17-/m1/s1. The zero-order valence-electron chi connectivity index (χ0n) is 17.5. The van der Waals surface area contributed by atoms with E-state index >= 15 is 0 Å². The van der Waals surface area contributed by atoms with Gasteiger partial charge in [0, 0.05) is 31.9 Å². The lowest BCUT2D eigenvalue weighted by Gasteiger charge is -2.42. The van der Waals surface area contributed by atoms with E-state index in [1.165, 1.54) is 0 Å². The highest BCUT2D eigenvalue weighted by Gasteiger charge is 2.46. The van der Waals surface area contributed by atoms with E-state index in [-0.39, 0.29) is 17.6 Å². The Bertz CT molecular complexity index is 1110. The molecule has 1 aliphatic carbocycles. The second kappa shape index (κ2) is 7.13. The van der Waals surface area contributed by atoms with Gasteiger partial charge < -0.3 is 20.6 Å². The molecule has 2 aliphatic heterocycles. The summed E-state index contributed by atoms with van der Waals surface area (Å²) in [6.07, 6.45) is 8.98. The van der Waals surface area contributed by atoms with Crippen LogP contribution in [-0.4, -0.2) is 62.0 Å². The van der Waals surface area contributed by atoms with Gasteiger partial charge in [-0.05, 0) is 56.1 Å². The molecule has 0 radical (unpaired) electrons. The molecule has 5 heterocycles. The summed E-state index contributed by atoms with van der Waals surface area (Å²) in [6.45, 7) is 2.65. The molecular weight excluding hydrogens is 392 g/mol. The van der Waals surface area contributed by atoms with E-state index in [0.717, 1.165) is 86.7 Å². The summed E-state index contributed by atoms with van der Waals surface area (Å²) in [5.41, 5.74) is 10.1. The highest BCUT2D eigenvalue weighted by molar-refractivity contribution is 5.87. The Morgan fingerprint density at radius 1 is 1.19 bits per heavy atom. The number of rotatable bonds is 2. The van der Waals surface area contributed by atoms with Crippen LogP contribution in [0, 0.1) is 5.41 Å². The van der Waals surface area contributed by atoms with E-state index in [0.29, 0.717) is 5.65 Å². The summed E-state index contributed by atoms with van der Waals surface area (Å²) in [7, 11) is 0. The molecule has 3 aromatic heterocycles. The fourth-order valence-corrected chi connectivity index (χ4v) is 5.74. The highest BCUT2D eigenvalue weighted by Crippen LogP contribution is 2.46. The smallest absolute Gasteiger partial charge is 0.183 e. The minimum Gasteiger partial charge on any atom is -0.393 e. The molecule has 0 unspecified atom stereocenters. The van der Waals surface area contributed by atoms with Crippen LogP contribution in [0.2, 0.25) is 0 Å². The van der Waals surface area contributed by atoms with Crippen LogP contribution in [0.25, 0.3) is 11.2 Å². The number of fused-ring (bicyclic) bond motifs is 2. The number of aromatic nitrogens is 5. The Labute approximate surface area is 180 Å². The van der Waals surface area contributed by atoms with Gasteiger partial charge in [-0.2, -0.15) is 5.10 Å². The summed E-state index contributed by atoms with van der Waals surface area (Å²) in [4.78, 5) is 18.6. The fourth-order valence-electron chi connectivity index (χ4n) is 5.74. The minimum absolute atomic E-state index is 0.0737. The van der Waals surface area contributed by atoms with E-state index < -0.39 is 0 Å². The Morgan fingerprint density at radius 3 is 2.87 bits per heavy atom. The van der Waals surface area contributed by atoms with Gasteiger partial charge in [0.1, 0.15) is 5.82 Å². The summed E-state index contributed by atoms with van der Waals surface area (Å²) < 4.78 is 0. The van der Waals surface area contributed by atoms with E-state index in [9.17, 15) is 5.11 Å². The number of pyridine rings is 1. The topological polar surface area (TPSA) is 120 Å². The molecule has 2 atom stereocenters. The van der Waals surface area contributed by atoms with E-state index in [1.807, 2.05) is 18.5 Å². The molecule has 0 bridgehead atoms. The number of hydrogen-bond donors (Lipinski definition) is 3. The normalized spacial score (nSPS) is 25.4. The van der Waals surface area contributed by atoms with Gasteiger partial charge in [-0.1, -0.05) is 0 Å². The second-order valence-electron chi connectivity index (χ2n) is 9.25. The number of aryl methyl sites for hydroxylation is 1. The van der Waals surface area contributed by atoms with Crippen LogP contribution in [-0.2, 0) is 6.42 Å². The maximum Gasteiger partial charge on any atom is 0.183 e. The average molecular weight is 421 g/mol. The third-order valence-corrected chi connectivity index (χ3v) is 7.49. The molecule has 1 spiro atoms. The molecule has 3 aromatic rings. The zero-order chi connectivity index (χ0) is 21.0. The Kier molecular flexibility index (Phi) is 4.36. The molecule has 31 heavy (non-hydrogen) atoms. The molecule has 9 heteroatoms. The predicted octanol–water partition coefficient (Wildman–Crippen LogP) is 1.90. The number of H-pyrrole nitrogens is 1. The van der Waals surface area contributed by atoms with E-state index in [1.54, 1.807) is 0 Å². The van der Waals surface area contributed by atoms with Gasteiger partial charge in [0.15, 0.2) is 17.0 Å². The summed E-state index contributed by atoms with van der Waals surface area (Å²) in [5, 5.41) is 17.7. The third-order valence-electron chi connectivity index (χ3n) is 7.49. The summed E-state index contributed by atoms with van der Waals surface area (Å²) >= 11 is 0. The van der Waals surface area contributed by atoms with Crippen LogP contribution in [0.5, 0.6) is 0 Å². The van der Waals surface area contributed by atoms with E-state index in [2.05, 4.69) is 31.0 Å². The number of nitrogens with two attached hydrogens (primary N) is 1. The van der Waals surface area contributed by atoms with Crippen LogP contribution in [0.4, 0.5) is 17.3 Å². The molecule has 4 N–H and O–H groups in total. The third kappa shape index (κ3) is 3.06. The van der Waals surface area contributed by atoms with Crippen molar-refractivity contribution < 1.29 is 5.11 Å². The molecule has 1 saturated heterocycles. The first-order valence-corrected chi connectivity index (χ1v) is 11.2. The van der Waals surface area contributed by atoms with Gasteiger partial charge in [-0.15, -0.1) is 0 Å². The van der Waals surface area contributed by atoms with Gasteiger partial charge in [0.05, 0.1) is 23.7 Å². The van der Waals surface area contributed by atoms with Crippen molar-refractivity contribution in [2.45, 2.75) is 50.7 Å². The van der Waals surface area contributed by atoms with E-state index in [4.69, 9.17) is 15.7 Å². The maximum atomic E-state index is 10.1. The summed E-state index contributed by atoms with van der Waals surface area (Å²) in [5.74, 6) is 1.68. The predicted molar refractivity (Wildman–Crippen MR) is 118 cm³/mol. The van der Waals surface area contributed by atoms with Crippen molar-refractivity contribution in [3.05, 3.63) is 30.2 Å². The van der Waals surface area contributed by atoms with Gasteiger partial charge in [0.2, 0.25) is 0 Å². The molecule has 3 aliphatic rings. The number of anilines is 3. The van der Waals surface area contributed by atoms with Crippen LogP contribution in [0.1, 0.15) is 37.8 Å². The molecule has 2 fully saturated rings. The van der Waals surface area contributed by atoms with Crippen molar-refractivity contribution in [1.29, 1.82) is 0 Å². The zero-order valence-corrected chi connectivity index (χ0v) is 17.5. The lowest BCUT2D eigenvalue weighted by Crippen LogP contribution is -2.47. The molecule has 162 valence electrons. The average Bonchev–Trinajstić information content (AvgIpc) is 3.33. The number of nitrogens with one attached hydrogen (secondary N) is 1. The van der Waals surface area contributed by atoms with Gasteiger partial charge in [0.25, 0.3) is 0 Å². The number of aromatic amines is 1. The Hall–Kier alpha value is -2.78. The Balaban J connectivity index is 1.25. The van der Waals surface area contributed by atoms with Crippen LogP contribution in [0.15, 0.2) is 24.5 Å². The number of aliphatic hydroxyl groups excluding tert-OH is 1. The van der Waals surface area contributed by atoms with Crippen molar-refractivity contribution in [1.82, 2.24) is 25.1 Å². The number of piperidine rings is 1. The molecule has 0 amide bonds. The summed E-state index contributed by atoms with van der Waals surface area (Å²) in [6, 6.07) is 4.15. The highest BCUT2D eigenvalue weighted by atomic mass is 16.3. The van der Waals surface area contributed by atoms with Crippen molar-refractivity contribution in [2.75, 3.05) is 29.4 Å². The van der Waals surface area contributed by atoms with Crippen molar-refractivity contribution in [3.63, 3.8) is 0 Å². The molecule has 0 aromatic carbocycles. The minimum atomic E-state index is -0.253. The fraction of sp³-hybridized carbons (Fsp3) is 0.545. The lowest BCUT2D eigenvalue weighted by atomic mass is 9.74. The monoisotopic (exact) mass is 420 g/mol. The SMILES string of the molecule is N[C@@H]1C[C@@H](O)CC12CCN(c1cnc3c(N4CCCc5ncccc54)n[nH]c3n1)CC2.